The molecular weight excluding hydrogens is 344 g/mol. The monoisotopic (exact) mass is 394 g/mol. The Morgan fingerprint density at radius 3 is 0.750 bits per heavy atom. The fourth-order valence-electron chi connectivity index (χ4n) is 5.45. The predicted molar refractivity (Wildman–Crippen MR) is 121 cm³/mol. The van der Waals surface area contributed by atoms with Gasteiger partial charge in [-0.05, 0) is 47.3 Å². The van der Waals surface area contributed by atoms with Gasteiger partial charge in [0.1, 0.15) is 0 Å². The van der Waals surface area contributed by atoms with E-state index in [1.54, 1.807) is 0 Å². The molecule has 0 radical (unpaired) electrons. The SMILES string of the molecule is CC(C)(C)C1CCC(C(C)(C)C)N1NNN1C(C(C)(C)C)CCC1C(C)(C)C. The summed E-state index contributed by atoms with van der Waals surface area (Å²) >= 11 is 0. The van der Waals surface area contributed by atoms with E-state index in [1.165, 1.54) is 25.7 Å². The Labute approximate surface area is 176 Å². The average molecular weight is 395 g/mol. The minimum Gasteiger partial charge on any atom is -0.223 e. The summed E-state index contributed by atoms with van der Waals surface area (Å²) in [4.78, 5) is 0. The molecule has 0 bridgehead atoms. The van der Waals surface area contributed by atoms with E-state index in [-0.39, 0.29) is 21.7 Å². The van der Waals surface area contributed by atoms with Gasteiger partial charge in [0, 0.05) is 24.2 Å². The molecule has 4 atom stereocenters. The van der Waals surface area contributed by atoms with Crippen LogP contribution in [0.25, 0.3) is 0 Å². The molecule has 2 rings (SSSR count). The van der Waals surface area contributed by atoms with Gasteiger partial charge in [0.25, 0.3) is 0 Å². The molecule has 2 heterocycles. The first kappa shape index (κ1) is 24.1. The Morgan fingerprint density at radius 2 is 0.607 bits per heavy atom. The lowest BCUT2D eigenvalue weighted by Gasteiger charge is -2.46. The summed E-state index contributed by atoms with van der Waals surface area (Å²) in [5.74, 6) is 0. The van der Waals surface area contributed by atoms with Gasteiger partial charge in [0.15, 0.2) is 0 Å². The van der Waals surface area contributed by atoms with Crippen molar-refractivity contribution in [3.63, 3.8) is 0 Å². The van der Waals surface area contributed by atoms with E-state index in [0.717, 1.165) is 0 Å². The lowest BCUT2D eigenvalue weighted by atomic mass is 9.85. The first-order chi connectivity index (χ1) is 12.4. The summed E-state index contributed by atoms with van der Waals surface area (Å²) in [5, 5.41) is 5.11. The minimum atomic E-state index is 0.256. The van der Waals surface area contributed by atoms with Gasteiger partial charge >= 0.3 is 0 Å². The highest BCUT2D eigenvalue weighted by molar-refractivity contribution is 4.98. The zero-order chi connectivity index (χ0) is 21.7. The van der Waals surface area contributed by atoms with Gasteiger partial charge in [-0.1, -0.05) is 83.1 Å². The molecule has 0 spiro atoms. The van der Waals surface area contributed by atoms with E-state index in [9.17, 15) is 0 Å². The third kappa shape index (κ3) is 5.30. The van der Waals surface area contributed by atoms with Gasteiger partial charge in [-0.3, -0.25) is 0 Å². The van der Waals surface area contributed by atoms with Crippen molar-refractivity contribution >= 4 is 0 Å². The third-order valence-electron chi connectivity index (χ3n) is 7.08. The third-order valence-corrected chi connectivity index (χ3v) is 7.08. The van der Waals surface area contributed by atoms with Gasteiger partial charge in [0.05, 0.1) is 0 Å². The highest BCUT2D eigenvalue weighted by Crippen LogP contribution is 2.43. The zero-order valence-electron chi connectivity index (χ0n) is 21.0. The molecule has 0 aromatic carbocycles. The lowest BCUT2D eigenvalue weighted by Crippen LogP contribution is -2.66. The number of hydrogen-bond acceptors (Lipinski definition) is 4. The maximum absolute atomic E-state index is 3.75. The standard InChI is InChI=1S/C24H50N4/c1-21(2,3)17-13-14-18(22(4,5)6)27(17)25-26-28-19(23(7,8)9)15-16-20(28)24(10,11)12/h17-20,25-26H,13-16H2,1-12H3. The number of nitrogens with zero attached hydrogens (tertiary/aromatic N) is 2. The van der Waals surface area contributed by atoms with Crippen molar-refractivity contribution in [3.8, 4) is 0 Å². The summed E-state index contributed by atoms with van der Waals surface area (Å²) in [6.07, 6.45) is 5.02. The smallest absolute Gasteiger partial charge is 0.0309 e. The summed E-state index contributed by atoms with van der Waals surface area (Å²) in [6, 6.07) is 2.14. The fraction of sp³-hybridized carbons (Fsp3) is 1.00. The number of rotatable bonds is 3. The minimum absolute atomic E-state index is 0.256. The Bertz CT molecular complexity index is 423. The second-order valence-electron chi connectivity index (χ2n) is 13.7. The van der Waals surface area contributed by atoms with Crippen LogP contribution in [0.1, 0.15) is 109 Å². The number of hydrogen-bond donors (Lipinski definition) is 2. The van der Waals surface area contributed by atoms with Crippen molar-refractivity contribution < 1.29 is 0 Å². The van der Waals surface area contributed by atoms with Crippen molar-refractivity contribution in [2.24, 2.45) is 21.7 Å². The van der Waals surface area contributed by atoms with Crippen LogP contribution in [-0.4, -0.2) is 34.2 Å². The Balaban J connectivity index is 2.24. The van der Waals surface area contributed by atoms with E-state index in [2.05, 4.69) is 104 Å². The lowest BCUT2D eigenvalue weighted by molar-refractivity contribution is -0.0770. The van der Waals surface area contributed by atoms with Crippen LogP contribution in [0.4, 0.5) is 0 Å². The van der Waals surface area contributed by atoms with Crippen molar-refractivity contribution in [2.75, 3.05) is 0 Å². The Morgan fingerprint density at radius 1 is 0.429 bits per heavy atom. The van der Waals surface area contributed by atoms with Crippen LogP contribution in [0.3, 0.4) is 0 Å². The van der Waals surface area contributed by atoms with Crippen molar-refractivity contribution in [1.82, 2.24) is 21.1 Å². The molecule has 0 saturated carbocycles. The molecule has 28 heavy (non-hydrogen) atoms. The average Bonchev–Trinajstić information content (AvgIpc) is 3.06. The van der Waals surface area contributed by atoms with Crippen molar-refractivity contribution in [3.05, 3.63) is 0 Å². The molecule has 0 aliphatic carbocycles. The van der Waals surface area contributed by atoms with Gasteiger partial charge in [-0.2, -0.15) is 11.1 Å². The van der Waals surface area contributed by atoms with E-state index < -0.39 is 0 Å². The molecule has 0 aromatic rings. The van der Waals surface area contributed by atoms with E-state index in [0.29, 0.717) is 24.2 Å². The maximum Gasteiger partial charge on any atom is 0.0309 e. The van der Waals surface area contributed by atoms with Crippen LogP contribution >= 0.6 is 0 Å². The van der Waals surface area contributed by atoms with Crippen LogP contribution in [0.15, 0.2) is 0 Å². The van der Waals surface area contributed by atoms with E-state index in [1.807, 2.05) is 0 Å². The molecule has 2 N–H and O–H groups in total. The van der Waals surface area contributed by atoms with Gasteiger partial charge in [-0.25, -0.2) is 10.0 Å². The van der Waals surface area contributed by atoms with Crippen LogP contribution in [-0.2, 0) is 0 Å². The summed E-state index contributed by atoms with van der Waals surface area (Å²) in [7, 11) is 0. The summed E-state index contributed by atoms with van der Waals surface area (Å²) in [6.45, 7) is 28.5. The van der Waals surface area contributed by atoms with Crippen LogP contribution in [0.5, 0.6) is 0 Å². The molecule has 166 valence electrons. The normalized spacial score (nSPS) is 31.7. The quantitative estimate of drug-likeness (QED) is 0.596. The molecule has 2 aliphatic rings. The van der Waals surface area contributed by atoms with Crippen LogP contribution in [0.2, 0.25) is 0 Å². The zero-order valence-corrected chi connectivity index (χ0v) is 21.0. The molecule has 2 fully saturated rings. The number of nitrogens with one attached hydrogen (secondary N) is 2. The first-order valence-electron chi connectivity index (χ1n) is 11.5. The van der Waals surface area contributed by atoms with E-state index in [4.69, 9.17) is 0 Å². The number of hydrazine groups is 3. The molecule has 4 unspecified atom stereocenters. The summed E-state index contributed by atoms with van der Waals surface area (Å²) < 4.78 is 0. The van der Waals surface area contributed by atoms with Crippen LogP contribution < -0.4 is 11.1 Å². The molecule has 0 amide bonds. The molecule has 4 heteroatoms. The predicted octanol–water partition coefficient (Wildman–Crippen LogP) is 5.76. The van der Waals surface area contributed by atoms with Gasteiger partial charge in [0.2, 0.25) is 0 Å². The largest absolute Gasteiger partial charge is 0.223 e. The molecule has 0 aromatic heterocycles. The maximum atomic E-state index is 3.75. The highest BCUT2D eigenvalue weighted by atomic mass is 15.8. The second-order valence-corrected chi connectivity index (χ2v) is 13.7. The first-order valence-corrected chi connectivity index (χ1v) is 11.5. The highest BCUT2D eigenvalue weighted by Gasteiger charge is 2.47. The van der Waals surface area contributed by atoms with Crippen LogP contribution in [0, 0.1) is 21.7 Å². The topological polar surface area (TPSA) is 30.5 Å². The van der Waals surface area contributed by atoms with Crippen molar-refractivity contribution in [2.45, 2.75) is 133 Å². The molecule has 2 saturated heterocycles. The molecule has 2 aliphatic heterocycles. The molecular formula is C24H50N4. The van der Waals surface area contributed by atoms with E-state index >= 15 is 0 Å². The summed E-state index contributed by atoms with van der Waals surface area (Å²) in [5.41, 5.74) is 8.53. The van der Waals surface area contributed by atoms with Crippen molar-refractivity contribution in [1.29, 1.82) is 0 Å². The fourth-order valence-corrected chi connectivity index (χ4v) is 5.45. The Hall–Kier alpha value is -0.160. The van der Waals surface area contributed by atoms with Gasteiger partial charge < -0.3 is 0 Å². The second kappa shape index (κ2) is 7.83. The Kier molecular flexibility index (Phi) is 6.74. The molecule has 4 nitrogen and oxygen atoms in total. The van der Waals surface area contributed by atoms with Gasteiger partial charge in [-0.15, -0.1) is 0 Å².